The van der Waals surface area contributed by atoms with Crippen molar-refractivity contribution in [2.24, 2.45) is 0 Å². The maximum absolute atomic E-state index is 11.2. The Kier molecular flexibility index (Phi) is 5.40. The molecule has 0 aliphatic carbocycles. The van der Waals surface area contributed by atoms with Gasteiger partial charge in [0.05, 0.1) is 0 Å². The summed E-state index contributed by atoms with van der Waals surface area (Å²) in [6.07, 6.45) is 11.0. The van der Waals surface area contributed by atoms with Crippen molar-refractivity contribution in [1.29, 1.82) is 0 Å². The van der Waals surface area contributed by atoms with Crippen LogP contribution in [0.25, 0.3) is 12.2 Å². The van der Waals surface area contributed by atoms with Gasteiger partial charge in [-0.2, -0.15) is 0 Å². The number of hydrogen-bond donors (Lipinski definition) is 1. The van der Waals surface area contributed by atoms with Crippen molar-refractivity contribution in [1.82, 2.24) is 4.90 Å². The second-order valence-corrected chi connectivity index (χ2v) is 7.79. The van der Waals surface area contributed by atoms with Gasteiger partial charge in [-0.3, -0.25) is 9.69 Å². The van der Waals surface area contributed by atoms with Gasteiger partial charge in [-0.25, -0.2) is 0 Å². The van der Waals surface area contributed by atoms with Crippen molar-refractivity contribution in [2.75, 3.05) is 11.9 Å². The summed E-state index contributed by atoms with van der Waals surface area (Å²) in [4.78, 5) is 13.9. The minimum absolute atomic E-state index is 0.0467. The Balaban J connectivity index is 1.43. The summed E-state index contributed by atoms with van der Waals surface area (Å²) in [6, 6.07) is 18.4. The maximum atomic E-state index is 11.2. The molecule has 0 aromatic heterocycles. The molecule has 2 heterocycles. The SMILES string of the molecule is CC(=O)Nc1cccc(C=Cc2ccc(C3CCC4CCCCN43)cc2)c1. The predicted octanol–water partition coefficient (Wildman–Crippen LogP) is 5.50. The van der Waals surface area contributed by atoms with Crippen LogP contribution in [0.2, 0.25) is 0 Å². The highest BCUT2D eigenvalue weighted by molar-refractivity contribution is 5.89. The number of amides is 1. The predicted molar refractivity (Wildman–Crippen MR) is 112 cm³/mol. The van der Waals surface area contributed by atoms with Gasteiger partial charge in [-0.15, -0.1) is 0 Å². The number of anilines is 1. The summed E-state index contributed by atoms with van der Waals surface area (Å²) < 4.78 is 0. The highest BCUT2D eigenvalue weighted by Gasteiger charge is 2.35. The van der Waals surface area contributed by atoms with Crippen LogP contribution in [0, 0.1) is 0 Å². The molecular formula is C24H28N2O. The summed E-state index contributed by atoms with van der Waals surface area (Å²) in [5, 5.41) is 2.83. The molecular weight excluding hydrogens is 332 g/mol. The molecule has 0 bridgehead atoms. The molecule has 2 aliphatic heterocycles. The first-order chi connectivity index (χ1) is 13.2. The van der Waals surface area contributed by atoms with E-state index in [0.29, 0.717) is 6.04 Å². The summed E-state index contributed by atoms with van der Waals surface area (Å²) in [5.41, 5.74) is 4.58. The number of carbonyl (C=O) groups is 1. The monoisotopic (exact) mass is 360 g/mol. The summed E-state index contributed by atoms with van der Waals surface area (Å²) in [5.74, 6) is -0.0467. The van der Waals surface area contributed by atoms with E-state index in [2.05, 4.69) is 46.6 Å². The fourth-order valence-electron chi connectivity index (χ4n) is 4.56. The Bertz CT molecular complexity index is 825. The van der Waals surface area contributed by atoms with Crippen molar-refractivity contribution in [3.63, 3.8) is 0 Å². The van der Waals surface area contributed by atoms with E-state index >= 15 is 0 Å². The van der Waals surface area contributed by atoms with E-state index in [9.17, 15) is 4.79 Å². The molecule has 2 aromatic rings. The van der Waals surface area contributed by atoms with E-state index in [1.165, 1.54) is 56.7 Å². The molecule has 2 aromatic carbocycles. The zero-order valence-electron chi connectivity index (χ0n) is 16.0. The third kappa shape index (κ3) is 4.30. The second kappa shape index (κ2) is 8.10. The van der Waals surface area contributed by atoms with Crippen LogP contribution < -0.4 is 5.32 Å². The molecule has 1 amide bonds. The summed E-state index contributed by atoms with van der Waals surface area (Å²) in [6.45, 7) is 2.79. The van der Waals surface area contributed by atoms with Crippen molar-refractivity contribution < 1.29 is 4.79 Å². The van der Waals surface area contributed by atoms with Gasteiger partial charge in [-0.1, -0.05) is 55.0 Å². The zero-order valence-corrected chi connectivity index (χ0v) is 16.0. The van der Waals surface area contributed by atoms with Gasteiger partial charge in [0.2, 0.25) is 5.91 Å². The first-order valence-corrected chi connectivity index (χ1v) is 10.1. The normalized spacial score (nSPS) is 22.7. The number of benzene rings is 2. The molecule has 2 fully saturated rings. The Morgan fingerprint density at radius 3 is 2.63 bits per heavy atom. The number of carbonyl (C=O) groups excluding carboxylic acids is 1. The lowest BCUT2D eigenvalue weighted by Crippen LogP contribution is -2.35. The van der Waals surface area contributed by atoms with Crippen LogP contribution >= 0.6 is 0 Å². The first kappa shape index (κ1) is 18.0. The van der Waals surface area contributed by atoms with Crippen LogP contribution in [0.15, 0.2) is 48.5 Å². The van der Waals surface area contributed by atoms with E-state index < -0.39 is 0 Å². The average molecular weight is 361 g/mol. The number of piperidine rings is 1. The lowest BCUT2D eigenvalue weighted by atomic mass is 10.0. The maximum Gasteiger partial charge on any atom is 0.221 e. The van der Waals surface area contributed by atoms with Crippen molar-refractivity contribution >= 4 is 23.7 Å². The van der Waals surface area contributed by atoms with E-state index in [4.69, 9.17) is 0 Å². The topological polar surface area (TPSA) is 32.3 Å². The Hall–Kier alpha value is -2.39. The van der Waals surface area contributed by atoms with Crippen molar-refractivity contribution in [3.8, 4) is 0 Å². The number of rotatable bonds is 4. The number of hydrogen-bond acceptors (Lipinski definition) is 2. The van der Waals surface area contributed by atoms with Gasteiger partial charge in [0.15, 0.2) is 0 Å². The fourth-order valence-corrected chi connectivity index (χ4v) is 4.56. The van der Waals surface area contributed by atoms with E-state index in [1.54, 1.807) is 0 Å². The van der Waals surface area contributed by atoms with Crippen molar-refractivity contribution in [2.45, 2.75) is 51.1 Å². The van der Waals surface area contributed by atoms with E-state index in [0.717, 1.165) is 17.3 Å². The van der Waals surface area contributed by atoms with E-state index in [1.807, 2.05) is 24.3 Å². The molecule has 4 rings (SSSR count). The Morgan fingerprint density at radius 1 is 1.00 bits per heavy atom. The second-order valence-electron chi connectivity index (χ2n) is 7.79. The van der Waals surface area contributed by atoms with Gasteiger partial charge in [0.1, 0.15) is 0 Å². The number of fused-ring (bicyclic) bond motifs is 1. The molecule has 3 heteroatoms. The Morgan fingerprint density at radius 2 is 1.81 bits per heavy atom. The number of nitrogens with zero attached hydrogens (tertiary/aromatic N) is 1. The van der Waals surface area contributed by atoms with Crippen LogP contribution in [0.1, 0.15) is 61.8 Å². The molecule has 0 saturated carbocycles. The van der Waals surface area contributed by atoms with Crippen molar-refractivity contribution in [3.05, 3.63) is 65.2 Å². The largest absolute Gasteiger partial charge is 0.326 e. The lowest BCUT2D eigenvalue weighted by Gasteiger charge is -2.34. The highest BCUT2D eigenvalue weighted by Crippen LogP contribution is 2.40. The quantitative estimate of drug-likeness (QED) is 0.730. The molecule has 1 N–H and O–H groups in total. The van der Waals surface area contributed by atoms with Crippen LogP contribution in [0.5, 0.6) is 0 Å². The minimum Gasteiger partial charge on any atom is -0.326 e. The molecule has 2 aliphatic rings. The molecule has 140 valence electrons. The lowest BCUT2D eigenvalue weighted by molar-refractivity contribution is -0.114. The van der Waals surface area contributed by atoms with Gasteiger partial charge in [-0.05, 0) is 61.1 Å². The van der Waals surface area contributed by atoms with Crippen LogP contribution in [0.4, 0.5) is 5.69 Å². The zero-order chi connectivity index (χ0) is 18.6. The first-order valence-electron chi connectivity index (χ1n) is 10.1. The van der Waals surface area contributed by atoms with Gasteiger partial charge in [0, 0.05) is 24.7 Å². The highest BCUT2D eigenvalue weighted by atomic mass is 16.1. The van der Waals surface area contributed by atoms with Gasteiger partial charge in [0.25, 0.3) is 0 Å². The standard InChI is InChI=1S/C24H28N2O/c1-18(27)25-22-6-4-5-20(17-22)9-8-19-10-12-21(13-11-19)24-15-14-23-7-2-3-16-26(23)24/h4-6,8-13,17,23-24H,2-3,7,14-16H2,1H3,(H,25,27). The van der Waals surface area contributed by atoms with Gasteiger partial charge >= 0.3 is 0 Å². The number of nitrogens with one attached hydrogen (secondary N) is 1. The summed E-state index contributed by atoms with van der Waals surface area (Å²) >= 11 is 0. The van der Waals surface area contributed by atoms with Crippen LogP contribution in [-0.4, -0.2) is 23.4 Å². The summed E-state index contributed by atoms with van der Waals surface area (Å²) in [7, 11) is 0. The molecule has 0 spiro atoms. The molecule has 2 atom stereocenters. The van der Waals surface area contributed by atoms with Gasteiger partial charge < -0.3 is 5.32 Å². The third-order valence-corrected chi connectivity index (χ3v) is 5.84. The molecule has 2 saturated heterocycles. The van der Waals surface area contributed by atoms with Crippen LogP contribution in [-0.2, 0) is 4.79 Å². The average Bonchev–Trinajstić information content (AvgIpc) is 3.11. The molecule has 2 unspecified atom stereocenters. The third-order valence-electron chi connectivity index (χ3n) is 5.84. The Labute approximate surface area is 162 Å². The fraction of sp³-hybridized carbons (Fsp3) is 0.375. The molecule has 0 radical (unpaired) electrons. The minimum atomic E-state index is -0.0467. The smallest absolute Gasteiger partial charge is 0.221 e. The van der Waals surface area contributed by atoms with Crippen LogP contribution in [0.3, 0.4) is 0 Å². The van der Waals surface area contributed by atoms with E-state index in [-0.39, 0.29) is 5.91 Å². The molecule has 3 nitrogen and oxygen atoms in total. The molecule has 27 heavy (non-hydrogen) atoms.